The Morgan fingerprint density at radius 2 is 0.967 bits per heavy atom. The van der Waals surface area contributed by atoms with E-state index in [0.717, 1.165) is 77.0 Å². The maximum Gasteiger partial charge on any atom is 0.472 e. The molecule has 0 bridgehead atoms. The average Bonchev–Trinajstić information content (AvgIpc) is 3.24. The van der Waals surface area contributed by atoms with Gasteiger partial charge in [-0.2, -0.15) is 0 Å². The number of allylic oxidation sites excluding steroid dienone is 12. The Morgan fingerprint density at radius 3 is 1.48 bits per heavy atom. The van der Waals surface area contributed by atoms with Crippen molar-refractivity contribution < 1.29 is 58.3 Å². The highest BCUT2D eigenvalue weighted by molar-refractivity contribution is 7.47. The van der Waals surface area contributed by atoms with Crippen molar-refractivity contribution in [2.24, 2.45) is 0 Å². The second-order valence-electron chi connectivity index (χ2n) is 15.9. The third-order valence-corrected chi connectivity index (χ3v) is 11.3. The van der Waals surface area contributed by atoms with Gasteiger partial charge in [-0.3, -0.25) is 13.8 Å². The van der Waals surface area contributed by atoms with Crippen LogP contribution in [-0.2, 0) is 27.9 Å². The van der Waals surface area contributed by atoms with Gasteiger partial charge in [0.05, 0.1) is 13.2 Å². The van der Waals surface area contributed by atoms with Crippen molar-refractivity contribution in [3.63, 3.8) is 0 Å². The second-order valence-corrected chi connectivity index (χ2v) is 17.3. The molecule has 0 aromatic heterocycles. The lowest BCUT2D eigenvalue weighted by Crippen LogP contribution is -2.64. The van der Waals surface area contributed by atoms with Crippen molar-refractivity contribution in [3.8, 4) is 0 Å². The quantitative estimate of drug-likeness (QED) is 0.0149. The fourth-order valence-electron chi connectivity index (χ4n) is 6.61. The monoisotopic (exact) mass is 883 g/mol. The third kappa shape index (κ3) is 30.5. The molecular formula is C48H83O12P. The summed E-state index contributed by atoms with van der Waals surface area (Å²) in [6.45, 7) is 4.06. The molecule has 0 radical (unpaired) electrons. The van der Waals surface area contributed by atoms with E-state index in [1.165, 1.54) is 57.8 Å². The van der Waals surface area contributed by atoms with Gasteiger partial charge < -0.3 is 39.9 Å². The van der Waals surface area contributed by atoms with Crippen LogP contribution in [0.3, 0.4) is 0 Å². The molecule has 6 unspecified atom stereocenters. The van der Waals surface area contributed by atoms with Crippen molar-refractivity contribution in [1.82, 2.24) is 0 Å². The Balaban J connectivity index is 2.42. The van der Waals surface area contributed by atoms with Gasteiger partial charge in [-0.25, -0.2) is 4.57 Å². The van der Waals surface area contributed by atoms with E-state index in [1.807, 2.05) is 0 Å². The summed E-state index contributed by atoms with van der Waals surface area (Å²) < 4.78 is 34.1. The maximum absolute atomic E-state index is 12.8. The molecule has 1 aliphatic carbocycles. The van der Waals surface area contributed by atoms with E-state index in [2.05, 4.69) is 86.8 Å². The predicted molar refractivity (Wildman–Crippen MR) is 244 cm³/mol. The maximum atomic E-state index is 12.8. The van der Waals surface area contributed by atoms with Gasteiger partial charge in [0.25, 0.3) is 0 Å². The molecule has 0 aromatic carbocycles. The molecule has 1 aliphatic rings. The molecule has 13 heteroatoms. The van der Waals surface area contributed by atoms with Crippen LogP contribution in [0.1, 0.15) is 162 Å². The summed E-state index contributed by atoms with van der Waals surface area (Å²) in [7, 11) is -5.04. The molecule has 0 spiro atoms. The lowest BCUT2D eigenvalue weighted by atomic mass is 9.85. The van der Waals surface area contributed by atoms with E-state index in [-0.39, 0.29) is 13.0 Å². The van der Waals surface area contributed by atoms with Crippen LogP contribution in [0.2, 0.25) is 0 Å². The number of esters is 1. The summed E-state index contributed by atoms with van der Waals surface area (Å²) in [5, 5.41) is 50.2. The molecule has 0 saturated heterocycles. The minimum atomic E-state index is -5.04. The lowest BCUT2D eigenvalue weighted by Gasteiger charge is -2.41. The minimum absolute atomic E-state index is 0.101. The highest BCUT2D eigenvalue weighted by Crippen LogP contribution is 2.47. The number of aliphatic hydroxyl groups is 5. The van der Waals surface area contributed by atoms with Gasteiger partial charge in [0, 0.05) is 13.0 Å². The fourth-order valence-corrected chi connectivity index (χ4v) is 7.58. The zero-order valence-corrected chi connectivity index (χ0v) is 38.3. The Labute approximate surface area is 368 Å². The van der Waals surface area contributed by atoms with Gasteiger partial charge in [0.15, 0.2) is 0 Å². The number of phosphoric ester groups is 1. The average molecular weight is 883 g/mol. The van der Waals surface area contributed by atoms with Crippen LogP contribution in [0.5, 0.6) is 0 Å². The highest BCUT2D eigenvalue weighted by atomic mass is 31.2. The first-order chi connectivity index (χ1) is 29.5. The van der Waals surface area contributed by atoms with E-state index in [4.69, 9.17) is 18.5 Å². The molecule has 6 atom stereocenters. The number of unbranched alkanes of at least 4 members (excludes halogenated alkanes) is 14. The molecular weight excluding hydrogens is 799 g/mol. The van der Waals surface area contributed by atoms with Crippen molar-refractivity contribution in [3.05, 3.63) is 72.9 Å². The molecule has 0 aliphatic heterocycles. The standard InChI is InChI=1S/C48H83O12P/c1-3-5-7-9-11-13-15-17-19-20-21-22-24-26-28-30-32-34-36-38-57-39-41(40-58-61(55,56)60-48-46(53)44(51)43(50)45(52)47(48)54)59-42(49)37-35-33-31-29-27-25-23-18-16-14-12-10-8-6-4-2/h6,8,12-15,18-20,23,27,29,41,43-48,50-54H,3-5,7,9-11,16-17,21-22,24-26,28,30-40H2,1-2H3,(H,55,56)/b8-6-,14-12-,15-13-,20-19-,23-18-,29-27-. The van der Waals surface area contributed by atoms with Crippen molar-refractivity contribution >= 4 is 13.8 Å². The molecule has 1 saturated carbocycles. The van der Waals surface area contributed by atoms with E-state index < -0.39 is 63.1 Å². The molecule has 1 fully saturated rings. The molecule has 12 nitrogen and oxygen atoms in total. The number of aliphatic hydroxyl groups excluding tert-OH is 5. The van der Waals surface area contributed by atoms with Crippen LogP contribution in [0.4, 0.5) is 0 Å². The largest absolute Gasteiger partial charge is 0.472 e. The first-order valence-corrected chi connectivity index (χ1v) is 24.8. The summed E-state index contributed by atoms with van der Waals surface area (Å²) >= 11 is 0. The summed E-state index contributed by atoms with van der Waals surface area (Å²) in [6.07, 6.45) is 36.9. The number of phosphoric acid groups is 1. The van der Waals surface area contributed by atoms with Crippen molar-refractivity contribution in [1.29, 1.82) is 0 Å². The first kappa shape index (κ1) is 56.8. The number of ether oxygens (including phenoxy) is 2. The molecule has 61 heavy (non-hydrogen) atoms. The van der Waals surface area contributed by atoms with Crippen molar-refractivity contribution in [2.45, 2.75) is 204 Å². The van der Waals surface area contributed by atoms with E-state index in [0.29, 0.717) is 13.0 Å². The SMILES string of the molecule is CC/C=C\C/C=C\C/C=C\C/C=C\CCCCC(=O)OC(COCCCCCCCCCC/C=C\C/C=C\CCCCCC)COP(=O)(O)OC1C(O)C(O)C(O)C(O)C1O. The van der Waals surface area contributed by atoms with Crippen molar-refractivity contribution in [2.75, 3.05) is 19.8 Å². The lowest BCUT2D eigenvalue weighted by molar-refractivity contribution is -0.220. The van der Waals surface area contributed by atoms with Crippen LogP contribution >= 0.6 is 7.82 Å². The molecule has 0 heterocycles. The van der Waals surface area contributed by atoms with Gasteiger partial charge in [0.2, 0.25) is 0 Å². The fraction of sp³-hybridized carbons (Fsp3) is 0.729. The van der Waals surface area contributed by atoms with E-state index >= 15 is 0 Å². The Morgan fingerprint density at radius 1 is 0.541 bits per heavy atom. The topological polar surface area (TPSA) is 192 Å². The van der Waals surface area contributed by atoms with Gasteiger partial charge in [0.1, 0.15) is 42.7 Å². The Hall–Kier alpha value is -2.22. The van der Waals surface area contributed by atoms with Crippen LogP contribution in [0.25, 0.3) is 0 Å². The van der Waals surface area contributed by atoms with E-state index in [9.17, 15) is 39.8 Å². The van der Waals surface area contributed by atoms with Gasteiger partial charge in [-0.1, -0.05) is 145 Å². The Bertz CT molecular complexity index is 1280. The smallest absolute Gasteiger partial charge is 0.457 e. The predicted octanol–water partition coefficient (Wildman–Crippen LogP) is 9.58. The van der Waals surface area contributed by atoms with Gasteiger partial charge >= 0.3 is 13.8 Å². The summed E-state index contributed by atoms with van der Waals surface area (Å²) in [6, 6.07) is 0. The minimum Gasteiger partial charge on any atom is -0.457 e. The van der Waals surface area contributed by atoms with Crippen LogP contribution in [0, 0.1) is 0 Å². The zero-order chi connectivity index (χ0) is 44.8. The number of hydrogen-bond donors (Lipinski definition) is 6. The molecule has 1 rings (SSSR count). The van der Waals surface area contributed by atoms with Gasteiger partial charge in [-0.05, 0) is 83.5 Å². The van der Waals surface area contributed by atoms with Crippen LogP contribution in [-0.4, -0.2) is 98.9 Å². The second kappa shape index (κ2) is 38.3. The number of carbonyl (C=O) groups excluding carboxylic acids is 1. The molecule has 6 N–H and O–H groups in total. The Kier molecular flexibility index (Phi) is 35.6. The molecule has 0 amide bonds. The van der Waals surface area contributed by atoms with Crippen LogP contribution in [0.15, 0.2) is 72.9 Å². The highest BCUT2D eigenvalue weighted by Gasteiger charge is 2.51. The number of hydrogen-bond acceptors (Lipinski definition) is 11. The summed E-state index contributed by atoms with van der Waals surface area (Å²) in [4.78, 5) is 23.1. The normalized spacial score (nSPS) is 22.8. The summed E-state index contributed by atoms with van der Waals surface area (Å²) in [5.74, 6) is -0.522. The third-order valence-electron chi connectivity index (χ3n) is 10.3. The zero-order valence-electron chi connectivity index (χ0n) is 37.4. The number of carbonyl (C=O) groups is 1. The molecule has 0 aromatic rings. The van der Waals surface area contributed by atoms with Gasteiger partial charge in [-0.15, -0.1) is 0 Å². The first-order valence-electron chi connectivity index (χ1n) is 23.3. The molecule has 352 valence electrons. The number of rotatable bonds is 38. The van der Waals surface area contributed by atoms with Crippen LogP contribution < -0.4 is 0 Å². The van der Waals surface area contributed by atoms with E-state index in [1.54, 1.807) is 0 Å². The summed E-state index contributed by atoms with van der Waals surface area (Å²) in [5.41, 5.74) is 0.